The number of hydrogen-bond acceptors (Lipinski definition) is 3. The lowest BCUT2D eigenvalue weighted by Gasteiger charge is -2.45. The van der Waals surface area contributed by atoms with Crippen LogP contribution in [0.5, 0.6) is 0 Å². The molecule has 0 radical (unpaired) electrons. The van der Waals surface area contributed by atoms with Crippen molar-refractivity contribution in [2.75, 3.05) is 25.9 Å². The number of rotatable bonds is 5. The van der Waals surface area contributed by atoms with Gasteiger partial charge in [-0.1, -0.05) is 13.8 Å². The van der Waals surface area contributed by atoms with E-state index in [1.54, 1.807) is 0 Å². The first-order valence-electron chi connectivity index (χ1n) is 6.94. The summed E-state index contributed by atoms with van der Waals surface area (Å²) in [6.45, 7) is 15.3. The van der Waals surface area contributed by atoms with Gasteiger partial charge in [0.2, 0.25) is 0 Å². The van der Waals surface area contributed by atoms with Crippen molar-refractivity contribution in [3.05, 3.63) is 0 Å². The number of hydrogen-bond donors (Lipinski definition) is 1. The molecular weight excluding hydrogens is 228 g/mol. The highest BCUT2D eigenvalue weighted by atomic mass is 32.2. The summed E-state index contributed by atoms with van der Waals surface area (Å²) in [5, 5.41) is 3.63. The number of piperidine rings is 1. The molecule has 1 aliphatic heterocycles. The molecule has 0 amide bonds. The average molecular weight is 258 g/mol. The fraction of sp³-hybridized carbons (Fsp3) is 1.00. The Morgan fingerprint density at radius 3 is 2.53 bits per heavy atom. The summed E-state index contributed by atoms with van der Waals surface area (Å²) >= 11 is 1.98. The Bertz CT molecular complexity index is 230. The minimum absolute atomic E-state index is 0.374. The van der Waals surface area contributed by atoms with E-state index < -0.39 is 0 Å². The fourth-order valence-corrected chi connectivity index (χ4v) is 3.06. The van der Waals surface area contributed by atoms with Gasteiger partial charge in [-0.05, 0) is 52.5 Å². The summed E-state index contributed by atoms with van der Waals surface area (Å²) in [7, 11) is 0. The maximum Gasteiger partial charge on any atom is 0.0228 e. The minimum atomic E-state index is 0.374. The third-order valence-electron chi connectivity index (χ3n) is 4.30. The SMILES string of the molecule is CCNC1CCN(CC(C)(C)SC)C(C)C1C. The lowest BCUT2D eigenvalue weighted by molar-refractivity contribution is 0.0795. The predicted octanol–water partition coefficient (Wildman–Crippen LogP) is 2.84. The summed E-state index contributed by atoms with van der Waals surface area (Å²) < 4.78 is 0.374. The lowest BCUT2D eigenvalue weighted by Crippen LogP contribution is -2.55. The normalized spacial score (nSPS) is 31.8. The van der Waals surface area contributed by atoms with Gasteiger partial charge in [-0.25, -0.2) is 0 Å². The van der Waals surface area contributed by atoms with E-state index in [0.717, 1.165) is 12.5 Å². The second kappa shape index (κ2) is 6.44. The molecule has 102 valence electrons. The number of thioether (sulfide) groups is 1. The van der Waals surface area contributed by atoms with Crippen LogP contribution in [0, 0.1) is 5.92 Å². The topological polar surface area (TPSA) is 15.3 Å². The molecule has 1 saturated heterocycles. The molecule has 0 aromatic heterocycles. The highest BCUT2D eigenvalue weighted by molar-refractivity contribution is 7.99. The standard InChI is InChI=1S/C14H30N2S/c1-7-15-13-8-9-16(12(3)11(13)2)10-14(4,5)17-6/h11-13,15H,7-10H2,1-6H3. The van der Waals surface area contributed by atoms with E-state index in [4.69, 9.17) is 0 Å². The van der Waals surface area contributed by atoms with Crippen LogP contribution < -0.4 is 5.32 Å². The van der Waals surface area contributed by atoms with Gasteiger partial charge in [0, 0.05) is 23.4 Å². The van der Waals surface area contributed by atoms with Crippen LogP contribution in [0.2, 0.25) is 0 Å². The summed E-state index contributed by atoms with van der Waals surface area (Å²) in [6.07, 6.45) is 3.52. The molecule has 0 bridgehead atoms. The van der Waals surface area contributed by atoms with Crippen LogP contribution in [0.15, 0.2) is 0 Å². The molecule has 0 aliphatic carbocycles. The van der Waals surface area contributed by atoms with Crippen molar-refractivity contribution < 1.29 is 0 Å². The fourth-order valence-electron chi connectivity index (χ4n) is 2.77. The van der Waals surface area contributed by atoms with Crippen LogP contribution in [0.1, 0.15) is 41.0 Å². The van der Waals surface area contributed by atoms with Crippen molar-refractivity contribution in [2.45, 2.75) is 57.9 Å². The molecule has 2 nitrogen and oxygen atoms in total. The zero-order valence-electron chi connectivity index (χ0n) is 12.4. The van der Waals surface area contributed by atoms with Crippen molar-refractivity contribution in [1.82, 2.24) is 10.2 Å². The van der Waals surface area contributed by atoms with E-state index >= 15 is 0 Å². The molecule has 3 heteroatoms. The van der Waals surface area contributed by atoms with E-state index in [-0.39, 0.29) is 0 Å². The molecule has 1 N–H and O–H groups in total. The van der Waals surface area contributed by atoms with Gasteiger partial charge in [0.1, 0.15) is 0 Å². The number of nitrogens with zero attached hydrogens (tertiary/aromatic N) is 1. The lowest BCUT2D eigenvalue weighted by atomic mass is 9.86. The van der Waals surface area contributed by atoms with E-state index in [0.29, 0.717) is 16.8 Å². The average Bonchev–Trinajstić information content (AvgIpc) is 2.29. The van der Waals surface area contributed by atoms with Crippen LogP contribution in [0.4, 0.5) is 0 Å². The van der Waals surface area contributed by atoms with Gasteiger partial charge >= 0.3 is 0 Å². The molecule has 0 saturated carbocycles. The first-order chi connectivity index (χ1) is 7.91. The molecular formula is C14H30N2S. The van der Waals surface area contributed by atoms with Gasteiger partial charge in [0.15, 0.2) is 0 Å². The van der Waals surface area contributed by atoms with E-state index in [1.807, 2.05) is 11.8 Å². The molecule has 1 fully saturated rings. The second-order valence-electron chi connectivity index (χ2n) is 5.99. The Morgan fingerprint density at radius 2 is 2.00 bits per heavy atom. The first-order valence-corrected chi connectivity index (χ1v) is 8.16. The minimum Gasteiger partial charge on any atom is -0.314 e. The summed E-state index contributed by atoms with van der Waals surface area (Å²) in [5.74, 6) is 0.751. The Morgan fingerprint density at radius 1 is 1.35 bits per heavy atom. The van der Waals surface area contributed by atoms with Gasteiger partial charge < -0.3 is 5.32 Å². The monoisotopic (exact) mass is 258 g/mol. The third-order valence-corrected chi connectivity index (χ3v) is 5.54. The van der Waals surface area contributed by atoms with Gasteiger partial charge in [-0.15, -0.1) is 0 Å². The van der Waals surface area contributed by atoms with E-state index in [1.165, 1.54) is 19.5 Å². The predicted molar refractivity (Wildman–Crippen MR) is 79.9 cm³/mol. The molecule has 3 unspecified atom stereocenters. The third kappa shape index (κ3) is 4.15. The molecule has 0 aromatic rings. The van der Waals surface area contributed by atoms with Crippen LogP contribution in [-0.2, 0) is 0 Å². The molecule has 1 rings (SSSR count). The maximum atomic E-state index is 3.63. The summed E-state index contributed by atoms with van der Waals surface area (Å²) in [6, 6.07) is 1.41. The Labute approximate surface area is 112 Å². The van der Waals surface area contributed by atoms with E-state index in [2.05, 4.69) is 51.1 Å². The Kier molecular flexibility index (Phi) is 5.81. The number of likely N-dealkylation sites (tertiary alicyclic amines) is 1. The Balaban J connectivity index is 2.56. The summed E-state index contributed by atoms with van der Waals surface area (Å²) in [5.41, 5.74) is 0. The highest BCUT2D eigenvalue weighted by Gasteiger charge is 2.34. The van der Waals surface area contributed by atoms with Gasteiger partial charge in [-0.2, -0.15) is 11.8 Å². The zero-order valence-corrected chi connectivity index (χ0v) is 13.2. The van der Waals surface area contributed by atoms with Crippen LogP contribution >= 0.6 is 11.8 Å². The second-order valence-corrected chi connectivity index (χ2v) is 7.50. The van der Waals surface area contributed by atoms with Crippen LogP contribution in [0.25, 0.3) is 0 Å². The molecule has 17 heavy (non-hydrogen) atoms. The zero-order chi connectivity index (χ0) is 13.1. The van der Waals surface area contributed by atoms with Crippen molar-refractivity contribution in [3.63, 3.8) is 0 Å². The smallest absolute Gasteiger partial charge is 0.0228 e. The largest absolute Gasteiger partial charge is 0.314 e. The van der Waals surface area contributed by atoms with Crippen LogP contribution in [0.3, 0.4) is 0 Å². The number of nitrogens with one attached hydrogen (secondary N) is 1. The summed E-state index contributed by atoms with van der Waals surface area (Å²) in [4.78, 5) is 2.68. The van der Waals surface area contributed by atoms with Crippen molar-refractivity contribution >= 4 is 11.8 Å². The first kappa shape index (κ1) is 15.3. The molecule has 1 aliphatic rings. The van der Waals surface area contributed by atoms with Crippen molar-refractivity contribution in [3.8, 4) is 0 Å². The maximum absolute atomic E-state index is 3.63. The van der Waals surface area contributed by atoms with Crippen LogP contribution in [-0.4, -0.2) is 47.6 Å². The van der Waals surface area contributed by atoms with Gasteiger partial charge in [-0.3, -0.25) is 4.90 Å². The van der Waals surface area contributed by atoms with Crippen molar-refractivity contribution in [2.24, 2.45) is 5.92 Å². The van der Waals surface area contributed by atoms with Crippen molar-refractivity contribution in [1.29, 1.82) is 0 Å². The van der Waals surface area contributed by atoms with Gasteiger partial charge in [0.25, 0.3) is 0 Å². The molecule has 0 spiro atoms. The molecule has 1 heterocycles. The molecule has 3 atom stereocenters. The highest BCUT2D eigenvalue weighted by Crippen LogP contribution is 2.29. The molecule has 0 aromatic carbocycles. The van der Waals surface area contributed by atoms with E-state index in [9.17, 15) is 0 Å². The quantitative estimate of drug-likeness (QED) is 0.816. The van der Waals surface area contributed by atoms with Gasteiger partial charge in [0.05, 0.1) is 0 Å². The Hall–Kier alpha value is 0.270.